The zero-order valence-corrected chi connectivity index (χ0v) is 12.6. The fraction of sp³-hybridized carbons (Fsp3) is 0.294. The maximum Gasteiger partial charge on any atom is 0.338 e. The molecular formula is C17H18N2O4. The summed E-state index contributed by atoms with van der Waals surface area (Å²) in [4.78, 5) is 25.1. The molecular weight excluding hydrogens is 296 g/mol. The number of urea groups is 1. The summed E-state index contributed by atoms with van der Waals surface area (Å²) in [5, 5.41) is 0. The first-order valence-corrected chi connectivity index (χ1v) is 7.51. The van der Waals surface area contributed by atoms with Gasteiger partial charge in [0.05, 0.1) is 24.1 Å². The Kier molecular flexibility index (Phi) is 4.32. The van der Waals surface area contributed by atoms with Crippen molar-refractivity contribution in [1.29, 1.82) is 0 Å². The number of primary amides is 1. The van der Waals surface area contributed by atoms with Crippen molar-refractivity contribution < 1.29 is 18.7 Å². The Morgan fingerprint density at radius 2 is 2.17 bits per heavy atom. The second-order valence-electron chi connectivity index (χ2n) is 5.52. The number of ether oxygens (including phenoxy) is 1. The molecule has 1 aromatic heterocycles. The molecule has 0 radical (unpaired) electrons. The lowest BCUT2D eigenvalue weighted by Crippen LogP contribution is -2.41. The number of benzene rings is 1. The molecule has 1 aliphatic heterocycles. The third-order valence-corrected chi connectivity index (χ3v) is 4.02. The van der Waals surface area contributed by atoms with Gasteiger partial charge in [-0.15, -0.1) is 0 Å². The Bertz CT molecular complexity index is 696. The highest BCUT2D eigenvalue weighted by molar-refractivity contribution is 5.91. The molecule has 0 spiro atoms. The van der Waals surface area contributed by atoms with Crippen LogP contribution in [0.25, 0.3) is 11.1 Å². The number of esters is 1. The van der Waals surface area contributed by atoms with E-state index in [0.717, 1.165) is 24.0 Å². The van der Waals surface area contributed by atoms with E-state index in [9.17, 15) is 9.59 Å². The number of hydrogen-bond acceptors (Lipinski definition) is 4. The lowest BCUT2D eigenvalue weighted by atomic mass is 10.1. The second kappa shape index (κ2) is 6.56. The third-order valence-electron chi connectivity index (χ3n) is 4.02. The van der Waals surface area contributed by atoms with Crippen LogP contribution in [0.2, 0.25) is 0 Å². The van der Waals surface area contributed by atoms with Crippen molar-refractivity contribution in [3.05, 3.63) is 48.4 Å². The van der Waals surface area contributed by atoms with Gasteiger partial charge in [0.15, 0.2) is 0 Å². The SMILES string of the molecule is NC(=O)N1CCCC1COC(=O)c1cccc(-c2ccoc2)c1. The molecule has 2 amide bonds. The van der Waals surface area contributed by atoms with E-state index in [1.807, 2.05) is 12.1 Å². The van der Waals surface area contributed by atoms with Crippen LogP contribution >= 0.6 is 0 Å². The van der Waals surface area contributed by atoms with Crippen molar-refractivity contribution >= 4 is 12.0 Å². The molecule has 6 heteroatoms. The molecule has 6 nitrogen and oxygen atoms in total. The maximum absolute atomic E-state index is 12.2. The number of carbonyl (C=O) groups is 2. The van der Waals surface area contributed by atoms with Crippen molar-refractivity contribution in [1.82, 2.24) is 4.90 Å². The van der Waals surface area contributed by atoms with E-state index in [4.69, 9.17) is 14.9 Å². The minimum atomic E-state index is -0.467. The van der Waals surface area contributed by atoms with Gasteiger partial charge in [-0.1, -0.05) is 12.1 Å². The molecule has 1 fully saturated rings. The molecule has 2 aromatic rings. The monoisotopic (exact) mass is 314 g/mol. The normalized spacial score (nSPS) is 17.2. The number of nitrogens with two attached hydrogens (primary N) is 1. The van der Waals surface area contributed by atoms with Gasteiger partial charge in [0.1, 0.15) is 6.61 Å². The van der Waals surface area contributed by atoms with Crippen molar-refractivity contribution in [3.63, 3.8) is 0 Å². The van der Waals surface area contributed by atoms with Gasteiger partial charge in [-0.05, 0) is 36.6 Å². The van der Waals surface area contributed by atoms with E-state index in [2.05, 4.69) is 0 Å². The largest absolute Gasteiger partial charge is 0.472 e. The van der Waals surface area contributed by atoms with Gasteiger partial charge in [-0.25, -0.2) is 9.59 Å². The molecule has 0 aliphatic carbocycles. The van der Waals surface area contributed by atoms with Crippen LogP contribution < -0.4 is 5.73 Å². The van der Waals surface area contributed by atoms with E-state index < -0.39 is 12.0 Å². The van der Waals surface area contributed by atoms with Crippen LogP contribution in [0.15, 0.2) is 47.3 Å². The van der Waals surface area contributed by atoms with Crippen molar-refractivity contribution in [2.45, 2.75) is 18.9 Å². The summed E-state index contributed by atoms with van der Waals surface area (Å²) in [6.45, 7) is 0.783. The van der Waals surface area contributed by atoms with Crippen LogP contribution in [-0.4, -0.2) is 36.1 Å². The summed E-state index contributed by atoms with van der Waals surface area (Å²) in [7, 11) is 0. The quantitative estimate of drug-likeness (QED) is 0.879. The van der Waals surface area contributed by atoms with Crippen molar-refractivity contribution in [2.75, 3.05) is 13.2 Å². The molecule has 1 saturated heterocycles. The molecule has 23 heavy (non-hydrogen) atoms. The summed E-state index contributed by atoms with van der Waals surface area (Å²) in [5.41, 5.74) is 7.56. The van der Waals surface area contributed by atoms with Crippen molar-refractivity contribution in [3.8, 4) is 11.1 Å². The minimum Gasteiger partial charge on any atom is -0.472 e. The van der Waals surface area contributed by atoms with E-state index in [0.29, 0.717) is 12.1 Å². The average Bonchev–Trinajstić information content (AvgIpc) is 3.24. The zero-order valence-electron chi connectivity index (χ0n) is 12.6. The maximum atomic E-state index is 12.2. The highest BCUT2D eigenvalue weighted by Gasteiger charge is 2.28. The van der Waals surface area contributed by atoms with Gasteiger partial charge in [-0.2, -0.15) is 0 Å². The number of carbonyl (C=O) groups excluding carboxylic acids is 2. The Morgan fingerprint density at radius 1 is 1.30 bits per heavy atom. The van der Waals surface area contributed by atoms with Crippen LogP contribution in [0.3, 0.4) is 0 Å². The smallest absolute Gasteiger partial charge is 0.338 e. The van der Waals surface area contributed by atoms with E-state index in [1.165, 1.54) is 0 Å². The predicted molar refractivity (Wildman–Crippen MR) is 83.7 cm³/mol. The first-order valence-electron chi connectivity index (χ1n) is 7.51. The van der Waals surface area contributed by atoms with Gasteiger partial charge in [0.25, 0.3) is 0 Å². The van der Waals surface area contributed by atoms with Crippen LogP contribution in [0, 0.1) is 0 Å². The van der Waals surface area contributed by atoms with Crippen LogP contribution in [0.5, 0.6) is 0 Å². The summed E-state index contributed by atoms with van der Waals surface area (Å²) in [6.07, 6.45) is 4.87. The van der Waals surface area contributed by atoms with E-state index in [1.54, 1.807) is 35.6 Å². The Labute approximate surface area is 133 Å². The molecule has 0 saturated carbocycles. The lowest BCUT2D eigenvalue weighted by molar-refractivity contribution is 0.0422. The Balaban J connectivity index is 1.65. The number of rotatable bonds is 4. The summed E-state index contributed by atoms with van der Waals surface area (Å²) in [6, 6.07) is 8.38. The highest BCUT2D eigenvalue weighted by Crippen LogP contribution is 2.22. The molecule has 0 bridgehead atoms. The van der Waals surface area contributed by atoms with E-state index >= 15 is 0 Å². The predicted octanol–water partition coefficient (Wildman–Crippen LogP) is 2.65. The van der Waals surface area contributed by atoms with Gasteiger partial charge < -0.3 is 19.8 Å². The number of hydrogen-bond donors (Lipinski definition) is 1. The second-order valence-corrected chi connectivity index (χ2v) is 5.52. The van der Waals surface area contributed by atoms with Gasteiger partial charge >= 0.3 is 12.0 Å². The standard InChI is InChI=1S/C17H18N2O4/c18-17(21)19-7-2-5-15(19)11-23-16(20)13-4-1-3-12(9-13)14-6-8-22-10-14/h1,3-4,6,8-10,15H,2,5,7,11H2,(H2,18,21). The van der Waals surface area contributed by atoms with Crippen LogP contribution in [-0.2, 0) is 4.74 Å². The molecule has 2 N–H and O–H groups in total. The van der Waals surface area contributed by atoms with Crippen LogP contribution in [0.1, 0.15) is 23.2 Å². The zero-order chi connectivity index (χ0) is 16.2. The fourth-order valence-corrected chi connectivity index (χ4v) is 2.81. The number of amides is 2. The molecule has 1 atom stereocenters. The molecule has 1 aliphatic rings. The summed E-state index contributed by atoms with van der Waals surface area (Å²) < 4.78 is 10.4. The third kappa shape index (κ3) is 3.36. The average molecular weight is 314 g/mol. The first kappa shape index (κ1) is 15.1. The molecule has 120 valence electrons. The fourth-order valence-electron chi connectivity index (χ4n) is 2.81. The number of furan rings is 1. The van der Waals surface area contributed by atoms with Crippen molar-refractivity contribution in [2.24, 2.45) is 5.73 Å². The van der Waals surface area contributed by atoms with Crippen LogP contribution in [0.4, 0.5) is 4.79 Å². The topological polar surface area (TPSA) is 85.8 Å². The van der Waals surface area contributed by atoms with Gasteiger partial charge in [0, 0.05) is 12.1 Å². The molecule has 1 aromatic carbocycles. The Hall–Kier alpha value is -2.76. The Morgan fingerprint density at radius 3 is 2.91 bits per heavy atom. The number of nitrogens with zero attached hydrogens (tertiary/aromatic N) is 1. The molecule has 1 unspecified atom stereocenters. The lowest BCUT2D eigenvalue weighted by Gasteiger charge is -2.22. The van der Waals surface area contributed by atoms with Gasteiger partial charge in [-0.3, -0.25) is 0 Å². The summed E-state index contributed by atoms with van der Waals surface area (Å²) in [5.74, 6) is -0.410. The number of likely N-dealkylation sites (tertiary alicyclic amines) is 1. The van der Waals surface area contributed by atoms with Gasteiger partial charge in [0.2, 0.25) is 0 Å². The first-order chi connectivity index (χ1) is 11.1. The molecule has 2 heterocycles. The molecule has 3 rings (SSSR count). The highest BCUT2D eigenvalue weighted by atomic mass is 16.5. The van der Waals surface area contributed by atoms with E-state index in [-0.39, 0.29) is 12.6 Å². The minimum absolute atomic E-state index is 0.131. The summed E-state index contributed by atoms with van der Waals surface area (Å²) >= 11 is 0.